The van der Waals surface area contributed by atoms with E-state index in [0.29, 0.717) is 23.2 Å². The van der Waals surface area contributed by atoms with Gasteiger partial charge in [-0.05, 0) is 19.3 Å². The van der Waals surface area contributed by atoms with Gasteiger partial charge in [-0.1, -0.05) is 11.6 Å². The summed E-state index contributed by atoms with van der Waals surface area (Å²) in [6.45, 7) is 1.54. The number of nitrogens with zero attached hydrogens (tertiary/aromatic N) is 2. The molecule has 2 rings (SSSR count). The summed E-state index contributed by atoms with van der Waals surface area (Å²) in [5.74, 6) is 0.868. The Balaban J connectivity index is 1.91. The molecule has 0 radical (unpaired) electrons. The normalized spacial score (nSPS) is 20.7. The third-order valence-corrected chi connectivity index (χ3v) is 2.96. The Morgan fingerprint density at radius 2 is 2.38 bits per heavy atom. The molecule has 1 saturated heterocycles. The van der Waals surface area contributed by atoms with Crippen LogP contribution in [0.1, 0.15) is 19.3 Å². The van der Waals surface area contributed by atoms with E-state index in [4.69, 9.17) is 22.1 Å². The standard InChI is InChI=1S/C10H15ClN4O/c11-8-9(12)14-6-15-10(8)13-5-7-3-1-2-4-16-7/h6-7H,1-5H2,(H3,12,13,14,15). The highest BCUT2D eigenvalue weighted by molar-refractivity contribution is 6.35. The molecule has 1 unspecified atom stereocenters. The van der Waals surface area contributed by atoms with Crippen LogP contribution >= 0.6 is 11.6 Å². The van der Waals surface area contributed by atoms with Gasteiger partial charge in [0, 0.05) is 13.2 Å². The van der Waals surface area contributed by atoms with Crippen molar-refractivity contribution in [3.05, 3.63) is 11.3 Å². The van der Waals surface area contributed by atoms with Crippen LogP contribution in [0, 0.1) is 0 Å². The fourth-order valence-corrected chi connectivity index (χ4v) is 1.85. The van der Waals surface area contributed by atoms with E-state index in [-0.39, 0.29) is 6.10 Å². The first kappa shape index (κ1) is 11.4. The number of nitrogen functional groups attached to an aromatic ring is 1. The van der Waals surface area contributed by atoms with E-state index in [1.165, 1.54) is 12.7 Å². The molecule has 0 aromatic carbocycles. The first-order chi connectivity index (χ1) is 7.77. The molecule has 1 aromatic heterocycles. The lowest BCUT2D eigenvalue weighted by molar-refractivity contribution is 0.0247. The molecule has 1 aliphatic heterocycles. The zero-order valence-corrected chi connectivity index (χ0v) is 9.70. The first-order valence-corrected chi connectivity index (χ1v) is 5.76. The Morgan fingerprint density at radius 1 is 1.50 bits per heavy atom. The maximum absolute atomic E-state index is 5.96. The van der Waals surface area contributed by atoms with Crippen LogP contribution < -0.4 is 11.1 Å². The van der Waals surface area contributed by atoms with E-state index in [1.54, 1.807) is 0 Å². The summed E-state index contributed by atoms with van der Waals surface area (Å²) in [6.07, 6.45) is 5.07. The number of rotatable bonds is 3. The number of hydrogen-bond acceptors (Lipinski definition) is 5. The second-order valence-electron chi connectivity index (χ2n) is 3.79. The number of hydrogen-bond donors (Lipinski definition) is 2. The van der Waals surface area contributed by atoms with Crippen molar-refractivity contribution in [1.82, 2.24) is 9.97 Å². The summed E-state index contributed by atoms with van der Waals surface area (Å²) in [6, 6.07) is 0. The Kier molecular flexibility index (Phi) is 3.79. The molecule has 0 spiro atoms. The Labute approximate surface area is 99.4 Å². The lowest BCUT2D eigenvalue weighted by Gasteiger charge is -2.23. The fourth-order valence-electron chi connectivity index (χ4n) is 1.69. The third-order valence-electron chi connectivity index (χ3n) is 2.59. The van der Waals surface area contributed by atoms with Gasteiger partial charge in [0.05, 0.1) is 6.10 Å². The average Bonchev–Trinajstić information content (AvgIpc) is 2.32. The second kappa shape index (κ2) is 5.32. The van der Waals surface area contributed by atoms with Crippen molar-refractivity contribution in [2.24, 2.45) is 0 Å². The molecule has 0 bridgehead atoms. The molecular formula is C10H15ClN4O. The molecule has 1 aliphatic rings. The van der Waals surface area contributed by atoms with Crippen LogP contribution in [0.15, 0.2) is 6.33 Å². The van der Waals surface area contributed by atoms with Crippen LogP contribution in [0.25, 0.3) is 0 Å². The maximum atomic E-state index is 5.96. The quantitative estimate of drug-likeness (QED) is 0.844. The smallest absolute Gasteiger partial charge is 0.150 e. The van der Waals surface area contributed by atoms with Gasteiger partial charge in [0.1, 0.15) is 17.2 Å². The summed E-state index contributed by atoms with van der Waals surface area (Å²) >= 11 is 5.96. The molecule has 2 heterocycles. The summed E-state index contributed by atoms with van der Waals surface area (Å²) in [7, 11) is 0. The molecule has 1 aromatic rings. The van der Waals surface area contributed by atoms with Crippen LogP contribution in [0.5, 0.6) is 0 Å². The molecule has 1 atom stereocenters. The van der Waals surface area contributed by atoms with Gasteiger partial charge in [-0.15, -0.1) is 0 Å². The molecule has 0 aliphatic carbocycles. The van der Waals surface area contributed by atoms with Crippen LogP contribution in [0.2, 0.25) is 5.02 Å². The highest BCUT2D eigenvalue weighted by atomic mass is 35.5. The van der Waals surface area contributed by atoms with Crippen molar-refractivity contribution >= 4 is 23.2 Å². The van der Waals surface area contributed by atoms with Crippen molar-refractivity contribution in [2.45, 2.75) is 25.4 Å². The lowest BCUT2D eigenvalue weighted by Crippen LogP contribution is -2.27. The van der Waals surface area contributed by atoms with E-state index < -0.39 is 0 Å². The zero-order valence-electron chi connectivity index (χ0n) is 8.95. The SMILES string of the molecule is Nc1ncnc(NCC2CCCCO2)c1Cl. The minimum absolute atomic E-state index is 0.237. The second-order valence-corrected chi connectivity index (χ2v) is 4.17. The molecule has 0 saturated carbocycles. The number of nitrogens with two attached hydrogens (primary N) is 1. The molecule has 5 nitrogen and oxygen atoms in total. The molecule has 3 N–H and O–H groups in total. The predicted molar refractivity (Wildman–Crippen MR) is 63.5 cm³/mol. The van der Waals surface area contributed by atoms with E-state index in [0.717, 1.165) is 19.4 Å². The summed E-state index contributed by atoms with van der Waals surface area (Å²) < 4.78 is 5.59. The van der Waals surface area contributed by atoms with Gasteiger partial charge < -0.3 is 15.8 Å². The molecule has 88 valence electrons. The number of halogens is 1. The Hall–Kier alpha value is -1.07. The highest BCUT2D eigenvalue weighted by Crippen LogP contribution is 2.23. The van der Waals surface area contributed by atoms with Crippen LogP contribution in [-0.4, -0.2) is 29.2 Å². The van der Waals surface area contributed by atoms with Crippen LogP contribution in [-0.2, 0) is 4.74 Å². The Bertz CT molecular complexity index is 355. The number of nitrogens with one attached hydrogen (secondary N) is 1. The fraction of sp³-hybridized carbons (Fsp3) is 0.600. The van der Waals surface area contributed by atoms with Crippen LogP contribution in [0.3, 0.4) is 0 Å². The van der Waals surface area contributed by atoms with Gasteiger partial charge in [-0.25, -0.2) is 9.97 Å². The molecule has 1 fully saturated rings. The Morgan fingerprint density at radius 3 is 3.12 bits per heavy atom. The van der Waals surface area contributed by atoms with Gasteiger partial charge >= 0.3 is 0 Å². The molecule has 16 heavy (non-hydrogen) atoms. The van der Waals surface area contributed by atoms with E-state index in [2.05, 4.69) is 15.3 Å². The average molecular weight is 243 g/mol. The van der Waals surface area contributed by atoms with Crippen LogP contribution in [0.4, 0.5) is 11.6 Å². The van der Waals surface area contributed by atoms with Crippen molar-refractivity contribution in [3.8, 4) is 0 Å². The van der Waals surface area contributed by atoms with E-state index in [1.807, 2.05) is 0 Å². The third kappa shape index (κ3) is 2.74. The topological polar surface area (TPSA) is 73.1 Å². The van der Waals surface area contributed by atoms with Gasteiger partial charge in [-0.3, -0.25) is 0 Å². The molecule has 0 amide bonds. The van der Waals surface area contributed by atoms with Crippen molar-refractivity contribution in [2.75, 3.05) is 24.2 Å². The molecule has 6 heteroatoms. The summed E-state index contributed by atoms with van der Waals surface area (Å²) in [5.41, 5.74) is 5.58. The van der Waals surface area contributed by atoms with Gasteiger partial charge in [-0.2, -0.15) is 0 Å². The minimum atomic E-state index is 0.237. The lowest BCUT2D eigenvalue weighted by atomic mass is 10.1. The summed E-state index contributed by atoms with van der Waals surface area (Å²) in [4.78, 5) is 7.83. The van der Waals surface area contributed by atoms with Gasteiger partial charge in [0.15, 0.2) is 5.82 Å². The zero-order chi connectivity index (χ0) is 11.4. The van der Waals surface area contributed by atoms with Gasteiger partial charge in [0.2, 0.25) is 0 Å². The van der Waals surface area contributed by atoms with Gasteiger partial charge in [0.25, 0.3) is 0 Å². The van der Waals surface area contributed by atoms with Crippen molar-refractivity contribution in [3.63, 3.8) is 0 Å². The van der Waals surface area contributed by atoms with E-state index in [9.17, 15) is 0 Å². The largest absolute Gasteiger partial charge is 0.382 e. The van der Waals surface area contributed by atoms with Crippen molar-refractivity contribution in [1.29, 1.82) is 0 Å². The molecular weight excluding hydrogens is 228 g/mol. The maximum Gasteiger partial charge on any atom is 0.150 e. The number of ether oxygens (including phenoxy) is 1. The first-order valence-electron chi connectivity index (χ1n) is 5.39. The number of aromatic nitrogens is 2. The monoisotopic (exact) mass is 242 g/mol. The summed E-state index contributed by atoms with van der Waals surface area (Å²) in [5, 5.41) is 3.51. The minimum Gasteiger partial charge on any atom is -0.382 e. The predicted octanol–water partition coefficient (Wildman–Crippen LogP) is 1.69. The highest BCUT2D eigenvalue weighted by Gasteiger charge is 2.14. The van der Waals surface area contributed by atoms with Crippen molar-refractivity contribution < 1.29 is 4.74 Å². The number of anilines is 2. The van der Waals surface area contributed by atoms with E-state index >= 15 is 0 Å².